The van der Waals surface area contributed by atoms with Crippen molar-refractivity contribution in [3.63, 3.8) is 0 Å². The average Bonchev–Trinajstić information content (AvgIpc) is 2.50. The Morgan fingerprint density at radius 2 is 1.82 bits per heavy atom. The Morgan fingerprint density at radius 3 is 2.41 bits per heavy atom. The third kappa shape index (κ3) is 4.31. The lowest BCUT2D eigenvalue weighted by molar-refractivity contribution is -0.136. The van der Waals surface area contributed by atoms with Crippen LogP contribution in [0.3, 0.4) is 0 Å². The molecular formula is C17H24N2O3. The van der Waals surface area contributed by atoms with Crippen molar-refractivity contribution in [2.45, 2.75) is 45.6 Å². The van der Waals surface area contributed by atoms with E-state index >= 15 is 0 Å². The second kappa shape index (κ2) is 7.40. The summed E-state index contributed by atoms with van der Waals surface area (Å²) in [6.45, 7) is 4.08. The van der Waals surface area contributed by atoms with E-state index < -0.39 is 11.8 Å². The van der Waals surface area contributed by atoms with Crippen LogP contribution in [0.15, 0.2) is 18.2 Å². The van der Waals surface area contributed by atoms with Gasteiger partial charge in [-0.2, -0.15) is 0 Å². The first-order chi connectivity index (χ1) is 10.5. The van der Waals surface area contributed by atoms with Crippen molar-refractivity contribution in [3.8, 4) is 0 Å². The summed E-state index contributed by atoms with van der Waals surface area (Å²) >= 11 is 0. The molecule has 0 spiro atoms. The largest absolute Gasteiger partial charge is 0.396 e. The fourth-order valence-corrected chi connectivity index (χ4v) is 2.87. The third-order valence-electron chi connectivity index (χ3n) is 4.28. The van der Waals surface area contributed by atoms with Crippen LogP contribution in [0, 0.1) is 19.8 Å². The van der Waals surface area contributed by atoms with Gasteiger partial charge in [0.05, 0.1) is 0 Å². The highest BCUT2D eigenvalue weighted by molar-refractivity contribution is 6.39. The van der Waals surface area contributed by atoms with Gasteiger partial charge in [0, 0.05) is 18.3 Å². The van der Waals surface area contributed by atoms with Crippen molar-refractivity contribution in [1.29, 1.82) is 0 Å². The molecule has 0 aliphatic heterocycles. The molecule has 1 aromatic carbocycles. The molecule has 5 heteroatoms. The number of aryl methyl sites for hydroxylation is 2. The van der Waals surface area contributed by atoms with E-state index in [0.717, 1.165) is 36.8 Å². The molecule has 0 bridgehead atoms. The number of hydrogen-bond donors (Lipinski definition) is 3. The summed E-state index contributed by atoms with van der Waals surface area (Å²) in [5.74, 6) is -0.888. The quantitative estimate of drug-likeness (QED) is 0.746. The topological polar surface area (TPSA) is 78.4 Å². The second-order valence-corrected chi connectivity index (χ2v) is 6.15. The minimum absolute atomic E-state index is 0.0279. The number of amides is 2. The molecule has 1 aliphatic rings. The molecule has 0 atom stereocenters. The van der Waals surface area contributed by atoms with Gasteiger partial charge in [-0.05, 0) is 57.1 Å². The molecule has 1 saturated carbocycles. The Morgan fingerprint density at radius 1 is 1.14 bits per heavy atom. The minimum Gasteiger partial charge on any atom is -0.396 e. The highest BCUT2D eigenvalue weighted by atomic mass is 16.3. The van der Waals surface area contributed by atoms with Crippen LogP contribution in [0.1, 0.15) is 36.8 Å². The lowest BCUT2D eigenvalue weighted by Gasteiger charge is -2.27. The van der Waals surface area contributed by atoms with E-state index in [1.165, 1.54) is 0 Å². The maximum atomic E-state index is 12.0. The van der Waals surface area contributed by atoms with Crippen LogP contribution in [0.4, 0.5) is 5.69 Å². The Bertz CT molecular complexity index is 549. The molecule has 22 heavy (non-hydrogen) atoms. The monoisotopic (exact) mass is 304 g/mol. The number of carbonyl (C=O) groups is 2. The van der Waals surface area contributed by atoms with Gasteiger partial charge in [0.15, 0.2) is 0 Å². The van der Waals surface area contributed by atoms with Crippen LogP contribution in [-0.2, 0) is 9.59 Å². The summed E-state index contributed by atoms with van der Waals surface area (Å²) in [4.78, 5) is 24.0. The van der Waals surface area contributed by atoms with Crippen LogP contribution < -0.4 is 10.6 Å². The first kappa shape index (κ1) is 16.5. The molecule has 0 radical (unpaired) electrons. The molecular weight excluding hydrogens is 280 g/mol. The molecule has 120 valence electrons. The van der Waals surface area contributed by atoms with E-state index in [4.69, 9.17) is 5.11 Å². The zero-order valence-electron chi connectivity index (χ0n) is 13.2. The third-order valence-corrected chi connectivity index (χ3v) is 4.28. The molecule has 1 aliphatic carbocycles. The Labute approximate surface area is 131 Å². The van der Waals surface area contributed by atoms with Gasteiger partial charge in [-0.1, -0.05) is 17.7 Å². The summed E-state index contributed by atoms with van der Waals surface area (Å²) in [6, 6.07) is 5.70. The van der Waals surface area contributed by atoms with Gasteiger partial charge < -0.3 is 15.7 Å². The summed E-state index contributed by atoms with van der Waals surface area (Å²) < 4.78 is 0. The van der Waals surface area contributed by atoms with Crippen molar-refractivity contribution < 1.29 is 14.7 Å². The number of aliphatic hydroxyl groups excluding tert-OH is 1. The highest BCUT2D eigenvalue weighted by Gasteiger charge is 2.24. The molecule has 0 saturated heterocycles. The number of carbonyl (C=O) groups excluding carboxylic acids is 2. The number of aliphatic hydroxyl groups is 1. The predicted molar refractivity (Wildman–Crippen MR) is 85.5 cm³/mol. The fourth-order valence-electron chi connectivity index (χ4n) is 2.87. The maximum Gasteiger partial charge on any atom is 0.313 e. The summed E-state index contributed by atoms with van der Waals surface area (Å²) in [5, 5.41) is 14.5. The lowest BCUT2D eigenvalue weighted by atomic mass is 9.86. The van der Waals surface area contributed by atoms with E-state index in [0.29, 0.717) is 11.6 Å². The van der Waals surface area contributed by atoms with Crippen molar-refractivity contribution in [1.82, 2.24) is 5.32 Å². The summed E-state index contributed by atoms with van der Waals surface area (Å²) in [5.41, 5.74) is 2.71. The van der Waals surface area contributed by atoms with Crippen LogP contribution in [0.2, 0.25) is 0 Å². The molecule has 1 aromatic rings. The zero-order valence-corrected chi connectivity index (χ0v) is 13.2. The van der Waals surface area contributed by atoms with Crippen LogP contribution >= 0.6 is 0 Å². The second-order valence-electron chi connectivity index (χ2n) is 6.15. The normalized spacial score (nSPS) is 21.2. The van der Waals surface area contributed by atoms with E-state index in [2.05, 4.69) is 10.6 Å². The van der Waals surface area contributed by atoms with Gasteiger partial charge in [-0.3, -0.25) is 9.59 Å². The number of benzene rings is 1. The zero-order chi connectivity index (χ0) is 16.1. The van der Waals surface area contributed by atoms with Crippen molar-refractivity contribution in [3.05, 3.63) is 29.3 Å². The molecule has 2 rings (SSSR count). The first-order valence-electron chi connectivity index (χ1n) is 7.79. The maximum absolute atomic E-state index is 12.0. The average molecular weight is 304 g/mol. The predicted octanol–water partition coefficient (Wildman–Crippen LogP) is 1.91. The van der Waals surface area contributed by atoms with E-state index in [1.807, 2.05) is 32.0 Å². The van der Waals surface area contributed by atoms with Crippen molar-refractivity contribution in [2.24, 2.45) is 5.92 Å². The number of anilines is 1. The molecule has 1 fully saturated rings. The van der Waals surface area contributed by atoms with Gasteiger partial charge in [0.25, 0.3) is 0 Å². The molecule has 2 amide bonds. The smallest absolute Gasteiger partial charge is 0.313 e. The molecule has 0 aromatic heterocycles. The number of hydrogen-bond acceptors (Lipinski definition) is 3. The molecule has 0 heterocycles. The van der Waals surface area contributed by atoms with E-state index in [1.54, 1.807) is 0 Å². The Hall–Kier alpha value is -1.88. The van der Waals surface area contributed by atoms with Crippen molar-refractivity contribution >= 4 is 17.5 Å². The standard InChI is InChI=1S/C17H24N2O3/c1-11-3-8-15(12(2)9-11)19-17(22)16(21)18-14-6-4-13(10-20)5-7-14/h3,8-9,13-14,20H,4-7,10H2,1-2H3,(H,18,21)(H,19,22). The molecule has 3 N–H and O–H groups in total. The molecule has 5 nitrogen and oxygen atoms in total. The SMILES string of the molecule is Cc1ccc(NC(=O)C(=O)NC2CCC(CO)CC2)c(C)c1. The Kier molecular flexibility index (Phi) is 5.55. The van der Waals surface area contributed by atoms with E-state index in [-0.39, 0.29) is 12.6 Å². The van der Waals surface area contributed by atoms with Gasteiger partial charge in [-0.25, -0.2) is 0 Å². The van der Waals surface area contributed by atoms with Crippen molar-refractivity contribution in [2.75, 3.05) is 11.9 Å². The van der Waals surface area contributed by atoms with Gasteiger partial charge in [0.1, 0.15) is 0 Å². The van der Waals surface area contributed by atoms with Gasteiger partial charge in [-0.15, -0.1) is 0 Å². The highest BCUT2D eigenvalue weighted by Crippen LogP contribution is 2.23. The fraction of sp³-hybridized carbons (Fsp3) is 0.529. The van der Waals surface area contributed by atoms with Gasteiger partial charge in [0.2, 0.25) is 0 Å². The Balaban J connectivity index is 1.86. The number of rotatable bonds is 3. The summed E-state index contributed by atoms with van der Waals surface area (Å²) in [6.07, 6.45) is 3.40. The first-order valence-corrected chi connectivity index (χ1v) is 7.79. The van der Waals surface area contributed by atoms with Gasteiger partial charge >= 0.3 is 11.8 Å². The lowest BCUT2D eigenvalue weighted by Crippen LogP contribution is -2.43. The minimum atomic E-state index is -0.628. The van der Waals surface area contributed by atoms with Crippen LogP contribution in [-0.4, -0.2) is 29.6 Å². The molecule has 0 unspecified atom stereocenters. The van der Waals surface area contributed by atoms with Crippen LogP contribution in [0.25, 0.3) is 0 Å². The number of nitrogens with one attached hydrogen (secondary N) is 2. The summed E-state index contributed by atoms with van der Waals surface area (Å²) in [7, 11) is 0. The van der Waals surface area contributed by atoms with Crippen LogP contribution in [0.5, 0.6) is 0 Å². The van der Waals surface area contributed by atoms with E-state index in [9.17, 15) is 9.59 Å².